The van der Waals surface area contributed by atoms with Crippen LogP contribution in [0.5, 0.6) is 5.75 Å². The second-order valence-electron chi connectivity index (χ2n) is 5.21. The molecule has 1 saturated carbocycles. The molecule has 0 unspecified atom stereocenters. The van der Waals surface area contributed by atoms with Crippen molar-refractivity contribution in [3.05, 3.63) is 29.3 Å². The van der Waals surface area contributed by atoms with Gasteiger partial charge in [-0.1, -0.05) is 6.07 Å². The predicted octanol–water partition coefficient (Wildman–Crippen LogP) is 1.30. The number of benzene rings is 1. The van der Waals surface area contributed by atoms with Crippen LogP contribution in [0.15, 0.2) is 18.2 Å². The van der Waals surface area contributed by atoms with Gasteiger partial charge in [0.25, 0.3) is 0 Å². The average molecular weight is 276 g/mol. The second-order valence-corrected chi connectivity index (χ2v) is 5.21. The van der Waals surface area contributed by atoms with Gasteiger partial charge in [-0.15, -0.1) is 0 Å². The monoisotopic (exact) mass is 276 g/mol. The lowest BCUT2D eigenvalue weighted by molar-refractivity contribution is -0.162. The molecule has 1 aromatic rings. The molecule has 0 aliphatic heterocycles. The predicted molar refractivity (Wildman–Crippen MR) is 69.4 cm³/mol. The lowest BCUT2D eigenvalue weighted by Crippen LogP contribution is -2.33. The lowest BCUT2D eigenvalue weighted by atomic mass is 9.91. The molecule has 2 atom stereocenters. The topological polar surface area (TPSA) is 61.8 Å². The summed E-state index contributed by atoms with van der Waals surface area (Å²) in [7, 11) is 4.19. The minimum Gasteiger partial charge on any atom is -0.497 e. The molecule has 5 heteroatoms. The quantitative estimate of drug-likeness (QED) is 0.615. The third-order valence-electron chi connectivity index (χ3n) is 4.54. The molecule has 2 aliphatic carbocycles. The maximum absolute atomic E-state index is 12.1. The number of hydrogen-bond donors (Lipinski definition) is 0. The highest BCUT2D eigenvalue weighted by atomic mass is 16.5. The number of ether oxygens (including phenoxy) is 3. The van der Waals surface area contributed by atoms with E-state index in [1.54, 1.807) is 7.11 Å². The zero-order valence-electron chi connectivity index (χ0n) is 11.6. The maximum Gasteiger partial charge on any atom is 0.324 e. The largest absolute Gasteiger partial charge is 0.497 e. The molecule has 0 N–H and O–H groups in total. The summed E-state index contributed by atoms with van der Waals surface area (Å²) in [6, 6.07) is 5.77. The van der Waals surface area contributed by atoms with E-state index in [0.29, 0.717) is 6.42 Å². The Bertz CT molecular complexity index is 576. The van der Waals surface area contributed by atoms with E-state index >= 15 is 0 Å². The molecule has 0 radical (unpaired) electrons. The number of fused-ring (bicyclic) bond motifs is 3. The smallest absolute Gasteiger partial charge is 0.324 e. The molecule has 1 aromatic carbocycles. The molecule has 106 valence electrons. The van der Waals surface area contributed by atoms with Crippen molar-refractivity contribution in [2.75, 3.05) is 21.3 Å². The molecule has 5 nitrogen and oxygen atoms in total. The fourth-order valence-corrected chi connectivity index (χ4v) is 3.59. The maximum atomic E-state index is 12.1. The van der Waals surface area contributed by atoms with Crippen LogP contribution in [0.2, 0.25) is 0 Å². The molecule has 1 fully saturated rings. The fourth-order valence-electron chi connectivity index (χ4n) is 3.59. The molecule has 20 heavy (non-hydrogen) atoms. The minimum atomic E-state index is -1.16. The van der Waals surface area contributed by atoms with Crippen molar-refractivity contribution in [1.29, 1.82) is 0 Å². The van der Waals surface area contributed by atoms with E-state index < -0.39 is 17.4 Å². The normalized spacial score (nSPS) is 24.4. The van der Waals surface area contributed by atoms with Crippen molar-refractivity contribution in [2.24, 2.45) is 11.3 Å². The van der Waals surface area contributed by atoms with E-state index in [-0.39, 0.29) is 11.8 Å². The van der Waals surface area contributed by atoms with Crippen molar-refractivity contribution in [2.45, 2.75) is 12.3 Å². The van der Waals surface area contributed by atoms with E-state index in [1.807, 2.05) is 18.2 Å². The van der Waals surface area contributed by atoms with Gasteiger partial charge >= 0.3 is 11.9 Å². The van der Waals surface area contributed by atoms with Crippen LogP contribution in [0.1, 0.15) is 17.0 Å². The summed E-state index contributed by atoms with van der Waals surface area (Å²) in [6.45, 7) is 0. The lowest BCUT2D eigenvalue weighted by Gasteiger charge is -2.17. The second kappa shape index (κ2) is 4.23. The Balaban J connectivity index is 2.04. The zero-order valence-corrected chi connectivity index (χ0v) is 11.6. The van der Waals surface area contributed by atoms with Gasteiger partial charge in [0, 0.05) is 5.92 Å². The molecular weight excluding hydrogens is 260 g/mol. The Hall–Kier alpha value is -2.04. The number of esters is 2. The van der Waals surface area contributed by atoms with Gasteiger partial charge in [-0.05, 0) is 35.6 Å². The summed E-state index contributed by atoms with van der Waals surface area (Å²) in [6.07, 6.45) is 0.689. The first-order valence-corrected chi connectivity index (χ1v) is 6.44. The summed E-state index contributed by atoms with van der Waals surface area (Å²) in [5.41, 5.74) is 0.984. The Morgan fingerprint density at radius 3 is 2.35 bits per heavy atom. The number of methoxy groups -OCH3 is 3. The first-order chi connectivity index (χ1) is 9.60. The van der Waals surface area contributed by atoms with Gasteiger partial charge < -0.3 is 14.2 Å². The van der Waals surface area contributed by atoms with Crippen molar-refractivity contribution in [1.82, 2.24) is 0 Å². The first-order valence-electron chi connectivity index (χ1n) is 6.44. The molecule has 0 bridgehead atoms. The van der Waals surface area contributed by atoms with Crippen LogP contribution in [0, 0.1) is 11.3 Å². The Morgan fingerprint density at radius 1 is 1.15 bits per heavy atom. The van der Waals surface area contributed by atoms with Gasteiger partial charge in [-0.2, -0.15) is 0 Å². The first kappa shape index (κ1) is 13.0. The van der Waals surface area contributed by atoms with Gasteiger partial charge in [0.15, 0.2) is 5.41 Å². The van der Waals surface area contributed by atoms with Crippen LogP contribution in [0.4, 0.5) is 0 Å². The van der Waals surface area contributed by atoms with Gasteiger partial charge in [0.05, 0.1) is 21.3 Å². The summed E-state index contributed by atoms with van der Waals surface area (Å²) in [5, 5.41) is 0. The van der Waals surface area contributed by atoms with Gasteiger partial charge in [0.1, 0.15) is 5.75 Å². The van der Waals surface area contributed by atoms with Gasteiger partial charge in [0.2, 0.25) is 0 Å². The molecular formula is C15H16O5. The van der Waals surface area contributed by atoms with E-state index in [1.165, 1.54) is 14.2 Å². The summed E-state index contributed by atoms with van der Waals surface area (Å²) in [5.74, 6) is -0.516. The summed E-state index contributed by atoms with van der Waals surface area (Å²) >= 11 is 0. The van der Waals surface area contributed by atoms with Crippen LogP contribution in [0.3, 0.4) is 0 Å². The summed E-state index contributed by atoms with van der Waals surface area (Å²) in [4.78, 5) is 24.2. The third-order valence-corrected chi connectivity index (χ3v) is 4.54. The highest BCUT2D eigenvalue weighted by Gasteiger charge is 2.78. The number of carbonyl (C=O) groups is 2. The average Bonchev–Trinajstić information content (AvgIpc) is 2.99. The van der Waals surface area contributed by atoms with Crippen molar-refractivity contribution >= 4 is 11.9 Å². The van der Waals surface area contributed by atoms with Crippen molar-refractivity contribution in [3.63, 3.8) is 0 Å². The van der Waals surface area contributed by atoms with E-state index in [4.69, 9.17) is 14.2 Å². The van der Waals surface area contributed by atoms with Crippen molar-refractivity contribution in [3.8, 4) is 5.75 Å². The molecule has 0 aromatic heterocycles. The van der Waals surface area contributed by atoms with Crippen LogP contribution in [-0.4, -0.2) is 33.3 Å². The molecule has 2 aliphatic rings. The Labute approximate surface area is 116 Å². The highest BCUT2D eigenvalue weighted by molar-refractivity contribution is 6.06. The third kappa shape index (κ3) is 1.38. The molecule has 0 spiro atoms. The standard InChI is InChI=1S/C15H16O5/c1-18-9-5-4-8-6-11-12(10(8)7-9)15(11,13(16)19-2)14(17)20-3/h4-5,7,11-12H,6H2,1-3H3/t11-,12+/m0/s1. The molecule has 0 amide bonds. The van der Waals surface area contributed by atoms with Gasteiger partial charge in [-0.25, -0.2) is 0 Å². The van der Waals surface area contributed by atoms with E-state index in [9.17, 15) is 9.59 Å². The number of carbonyl (C=O) groups excluding carboxylic acids is 2. The van der Waals surface area contributed by atoms with Crippen LogP contribution in [-0.2, 0) is 25.5 Å². The zero-order chi connectivity index (χ0) is 14.5. The van der Waals surface area contributed by atoms with Crippen LogP contribution >= 0.6 is 0 Å². The fraction of sp³-hybridized carbons (Fsp3) is 0.467. The van der Waals surface area contributed by atoms with E-state index in [2.05, 4.69) is 0 Å². The van der Waals surface area contributed by atoms with Crippen LogP contribution in [0.25, 0.3) is 0 Å². The molecule has 0 heterocycles. The number of rotatable bonds is 3. The van der Waals surface area contributed by atoms with Crippen molar-refractivity contribution < 1.29 is 23.8 Å². The Kier molecular flexibility index (Phi) is 2.74. The highest BCUT2D eigenvalue weighted by Crippen LogP contribution is 2.71. The summed E-state index contributed by atoms with van der Waals surface area (Å²) < 4.78 is 14.9. The van der Waals surface area contributed by atoms with E-state index in [0.717, 1.165) is 16.9 Å². The Morgan fingerprint density at radius 2 is 1.80 bits per heavy atom. The van der Waals surface area contributed by atoms with Gasteiger partial charge in [-0.3, -0.25) is 9.59 Å². The SMILES string of the molecule is COC(=O)C1(C(=O)OC)[C@@H]2c3cc(OC)ccc3C[C@@H]21. The molecule has 0 saturated heterocycles. The number of hydrogen-bond acceptors (Lipinski definition) is 5. The minimum absolute atomic E-state index is 0.0653. The van der Waals surface area contributed by atoms with Crippen LogP contribution < -0.4 is 4.74 Å². The molecule has 3 rings (SSSR count).